The van der Waals surface area contributed by atoms with E-state index in [0.29, 0.717) is 27.4 Å². The van der Waals surface area contributed by atoms with Crippen molar-refractivity contribution in [3.63, 3.8) is 0 Å². The van der Waals surface area contributed by atoms with Crippen LogP contribution in [0.2, 0.25) is 5.02 Å². The molecule has 0 saturated carbocycles. The first kappa shape index (κ1) is 21.6. The average Bonchev–Trinajstić information content (AvgIpc) is 2.66. The molecule has 2 N–H and O–H groups in total. The molecule has 30 heavy (non-hydrogen) atoms. The van der Waals surface area contributed by atoms with E-state index >= 15 is 0 Å². The minimum absolute atomic E-state index is 0.109. The predicted octanol–water partition coefficient (Wildman–Crippen LogP) is 4.89. The summed E-state index contributed by atoms with van der Waals surface area (Å²) in [7, 11) is 0. The molecular weight excluding hydrogens is 411 g/mol. The van der Waals surface area contributed by atoms with Crippen molar-refractivity contribution in [2.24, 2.45) is 0 Å². The van der Waals surface area contributed by atoms with Crippen LogP contribution < -0.4 is 15.6 Å². The first-order valence-electron chi connectivity index (χ1n) is 9.35. The maximum Gasteiger partial charge on any atom is 0.407 e. The standard InChI is InChI=1S/C22H22ClFN2O4/c1-22(2,3)30-21(28)25-10-11-29-19-16-9-8-15(24)12-17(16)20(27)26-18(19)13-4-6-14(23)7-5-13/h4-9,12H,10-11H2,1-3H3,(H,25,28)(H,26,27). The van der Waals surface area contributed by atoms with Gasteiger partial charge in [0.25, 0.3) is 5.56 Å². The normalized spacial score (nSPS) is 11.4. The van der Waals surface area contributed by atoms with Crippen LogP contribution in [0.4, 0.5) is 9.18 Å². The Labute approximate surface area is 178 Å². The lowest BCUT2D eigenvalue weighted by Crippen LogP contribution is -2.34. The molecule has 6 nitrogen and oxygen atoms in total. The molecule has 8 heteroatoms. The SMILES string of the molecule is CC(C)(C)OC(=O)NCCOc1c(-c2ccc(Cl)cc2)[nH]c(=O)c2cc(F)ccc12. The molecule has 158 valence electrons. The topological polar surface area (TPSA) is 80.4 Å². The van der Waals surface area contributed by atoms with Crippen molar-refractivity contribution in [1.82, 2.24) is 10.3 Å². The second kappa shape index (κ2) is 8.75. The van der Waals surface area contributed by atoms with Crippen molar-refractivity contribution in [2.75, 3.05) is 13.2 Å². The molecule has 3 aromatic rings. The molecule has 2 aromatic carbocycles. The monoisotopic (exact) mass is 432 g/mol. The van der Waals surface area contributed by atoms with E-state index in [1.165, 1.54) is 12.1 Å². The summed E-state index contributed by atoms with van der Waals surface area (Å²) < 4.78 is 24.8. The summed E-state index contributed by atoms with van der Waals surface area (Å²) in [4.78, 5) is 27.1. The number of fused-ring (bicyclic) bond motifs is 1. The third kappa shape index (κ3) is 5.30. The quantitative estimate of drug-likeness (QED) is 0.562. The van der Waals surface area contributed by atoms with Crippen LogP contribution in [0, 0.1) is 5.82 Å². The fourth-order valence-electron chi connectivity index (χ4n) is 2.86. The summed E-state index contributed by atoms with van der Waals surface area (Å²) in [5, 5.41) is 3.79. The number of H-pyrrole nitrogens is 1. The first-order chi connectivity index (χ1) is 14.1. The van der Waals surface area contributed by atoms with E-state index in [1.807, 2.05) is 0 Å². The lowest BCUT2D eigenvalue weighted by molar-refractivity contribution is 0.0520. The molecule has 1 aromatic heterocycles. The molecule has 0 unspecified atom stereocenters. The Hall–Kier alpha value is -3.06. The van der Waals surface area contributed by atoms with Gasteiger partial charge in [-0.1, -0.05) is 23.7 Å². The molecule has 0 aliphatic rings. The summed E-state index contributed by atoms with van der Waals surface area (Å²) in [5.41, 5.74) is 0.0749. The molecule has 1 amide bonds. The van der Waals surface area contributed by atoms with Crippen LogP contribution in [0.3, 0.4) is 0 Å². The lowest BCUT2D eigenvalue weighted by atomic mass is 10.1. The number of halogens is 2. The molecule has 0 radical (unpaired) electrons. The predicted molar refractivity (Wildman–Crippen MR) is 115 cm³/mol. The summed E-state index contributed by atoms with van der Waals surface area (Å²) in [6.45, 7) is 5.60. The van der Waals surface area contributed by atoms with Crippen LogP contribution in [0.25, 0.3) is 22.0 Å². The second-order valence-electron chi connectivity index (χ2n) is 7.63. The van der Waals surface area contributed by atoms with Gasteiger partial charge in [-0.2, -0.15) is 0 Å². The van der Waals surface area contributed by atoms with E-state index in [1.54, 1.807) is 45.0 Å². The number of benzene rings is 2. The number of hydrogen-bond donors (Lipinski definition) is 2. The van der Waals surface area contributed by atoms with Gasteiger partial charge in [0.1, 0.15) is 18.0 Å². The van der Waals surface area contributed by atoms with E-state index in [2.05, 4.69) is 10.3 Å². The summed E-state index contributed by atoms with van der Waals surface area (Å²) in [6, 6.07) is 10.8. The highest BCUT2D eigenvalue weighted by atomic mass is 35.5. The van der Waals surface area contributed by atoms with E-state index in [-0.39, 0.29) is 18.5 Å². The zero-order chi connectivity index (χ0) is 21.9. The maximum atomic E-state index is 13.7. The van der Waals surface area contributed by atoms with Gasteiger partial charge >= 0.3 is 6.09 Å². The van der Waals surface area contributed by atoms with Crippen LogP contribution >= 0.6 is 11.6 Å². The average molecular weight is 433 g/mol. The van der Waals surface area contributed by atoms with Gasteiger partial charge in [-0.05, 0) is 51.1 Å². The van der Waals surface area contributed by atoms with E-state index < -0.39 is 23.1 Å². The van der Waals surface area contributed by atoms with Gasteiger partial charge in [-0.3, -0.25) is 4.79 Å². The Morgan fingerprint density at radius 1 is 1.13 bits per heavy atom. The van der Waals surface area contributed by atoms with Crippen LogP contribution in [0.1, 0.15) is 20.8 Å². The zero-order valence-corrected chi connectivity index (χ0v) is 17.6. The van der Waals surface area contributed by atoms with E-state index in [0.717, 1.165) is 6.07 Å². The number of amides is 1. The van der Waals surface area contributed by atoms with Gasteiger partial charge in [-0.15, -0.1) is 0 Å². The Balaban J connectivity index is 1.90. The lowest BCUT2D eigenvalue weighted by Gasteiger charge is -2.20. The minimum Gasteiger partial charge on any atom is -0.489 e. The number of aromatic nitrogens is 1. The van der Waals surface area contributed by atoms with Crippen LogP contribution in [0.5, 0.6) is 5.75 Å². The molecule has 0 saturated heterocycles. The number of alkyl carbamates (subject to hydrolysis) is 1. The van der Waals surface area contributed by atoms with Gasteiger partial charge < -0.3 is 19.8 Å². The Kier molecular flexibility index (Phi) is 6.31. The van der Waals surface area contributed by atoms with E-state index in [4.69, 9.17) is 21.1 Å². The van der Waals surface area contributed by atoms with Gasteiger partial charge in [0.15, 0.2) is 5.75 Å². The molecule has 1 heterocycles. The molecule has 3 rings (SSSR count). The molecule has 0 atom stereocenters. The minimum atomic E-state index is -0.605. The number of aromatic amines is 1. The molecule has 0 bridgehead atoms. The van der Waals surface area contributed by atoms with Crippen molar-refractivity contribution in [3.8, 4) is 17.0 Å². The fraction of sp³-hybridized carbons (Fsp3) is 0.273. The third-order valence-corrected chi connectivity index (χ3v) is 4.34. The fourth-order valence-corrected chi connectivity index (χ4v) is 2.99. The number of carbonyl (C=O) groups excluding carboxylic acids is 1. The highest BCUT2D eigenvalue weighted by Gasteiger charge is 2.17. The molecule has 0 spiro atoms. The Bertz CT molecular complexity index is 1120. The number of hydrogen-bond acceptors (Lipinski definition) is 4. The van der Waals surface area contributed by atoms with Crippen molar-refractivity contribution in [2.45, 2.75) is 26.4 Å². The van der Waals surface area contributed by atoms with Crippen molar-refractivity contribution >= 4 is 28.5 Å². The summed E-state index contributed by atoms with van der Waals surface area (Å²) in [6.07, 6.45) is -0.558. The van der Waals surface area contributed by atoms with Gasteiger partial charge in [0.05, 0.1) is 17.6 Å². The zero-order valence-electron chi connectivity index (χ0n) is 16.8. The molecular formula is C22H22ClFN2O4. The molecule has 0 fully saturated rings. The number of rotatable bonds is 5. The highest BCUT2D eigenvalue weighted by molar-refractivity contribution is 6.30. The number of pyridine rings is 1. The largest absolute Gasteiger partial charge is 0.489 e. The third-order valence-electron chi connectivity index (χ3n) is 4.09. The number of nitrogens with one attached hydrogen (secondary N) is 2. The van der Waals surface area contributed by atoms with Crippen molar-refractivity contribution < 1.29 is 18.7 Å². The molecule has 0 aliphatic heterocycles. The molecule has 0 aliphatic carbocycles. The first-order valence-corrected chi connectivity index (χ1v) is 9.73. The van der Waals surface area contributed by atoms with Gasteiger partial charge in [-0.25, -0.2) is 9.18 Å². The summed E-state index contributed by atoms with van der Waals surface area (Å²) in [5.74, 6) is -0.150. The van der Waals surface area contributed by atoms with Crippen molar-refractivity contribution in [1.29, 1.82) is 0 Å². The van der Waals surface area contributed by atoms with Gasteiger partial charge in [0.2, 0.25) is 0 Å². The van der Waals surface area contributed by atoms with Crippen LogP contribution in [0.15, 0.2) is 47.3 Å². The number of carbonyl (C=O) groups is 1. The van der Waals surface area contributed by atoms with Crippen molar-refractivity contribution in [3.05, 3.63) is 63.7 Å². The van der Waals surface area contributed by atoms with Gasteiger partial charge in [0, 0.05) is 16.0 Å². The van der Waals surface area contributed by atoms with E-state index in [9.17, 15) is 14.0 Å². The maximum absolute atomic E-state index is 13.7. The number of ether oxygens (including phenoxy) is 2. The highest BCUT2D eigenvalue weighted by Crippen LogP contribution is 2.34. The Morgan fingerprint density at radius 3 is 2.50 bits per heavy atom. The van der Waals surface area contributed by atoms with Crippen LogP contribution in [-0.2, 0) is 4.74 Å². The summed E-state index contributed by atoms with van der Waals surface area (Å²) >= 11 is 5.96. The van der Waals surface area contributed by atoms with Crippen LogP contribution in [-0.4, -0.2) is 29.8 Å². The Morgan fingerprint density at radius 2 is 1.83 bits per heavy atom. The smallest absolute Gasteiger partial charge is 0.407 e. The second-order valence-corrected chi connectivity index (χ2v) is 8.07.